The van der Waals surface area contributed by atoms with Crippen LogP contribution in [0.2, 0.25) is 5.02 Å². The predicted molar refractivity (Wildman–Crippen MR) is 85.0 cm³/mol. The lowest BCUT2D eigenvalue weighted by Crippen LogP contribution is -2.38. The second-order valence-electron chi connectivity index (χ2n) is 5.24. The molecule has 3 rings (SSSR count). The molecule has 0 fully saturated rings. The lowest BCUT2D eigenvalue weighted by molar-refractivity contribution is -0.312. The van der Waals surface area contributed by atoms with Gasteiger partial charge in [0.05, 0.1) is 17.6 Å². The smallest absolute Gasteiger partial charge is 0.235 e. The van der Waals surface area contributed by atoms with Crippen molar-refractivity contribution in [1.29, 1.82) is 0 Å². The number of hydrogen-bond acceptors (Lipinski definition) is 6. The van der Waals surface area contributed by atoms with Crippen molar-refractivity contribution in [2.75, 3.05) is 0 Å². The molecule has 6 nitrogen and oxygen atoms in total. The Labute approximate surface area is 141 Å². The molecule has 0 spiro atoms. The fourth-order valence-corrected chi connectivity index (χ4v) is 2.36. The zero-order chi connectivity index (χ0) is 17.4. The molecule has 1 aromatic carbocycles. The van der Waals surface area contributed by atoms with Gasteiger partial charge >= 0.3 is 0 Å². The maximum Gasteiger partial charge on any atom is 0.235 e. The molecule has 0 N–H and O–H groups in total. The maximum atomic E-state index is 12.8. The van der Waals surface area contributed by atoms with Gasteiger partial charge in [0.1, 0.15) is 11.7 Å². The highest BCUT2D eigenvalue weighted by Gasteiger charge is 2.22. The second-order valence-corrected chi connectivity index (χ2v) is 5.65. The van der Waals surface area contributed by atoms with Gasteiger partial charge in [-0.25, -0.2) is 0 Å². The monoisotopic (exact) mass is 347 g/mol. The van der Waals surface area contributed by atoms with Crippen molar-refractivity contribution >= 4 is 28.5 Å². The summed E-state index contributed by atoms with van der Waals surface area (Å²) in [5, 5.41) is 11.5. The Morgan fingerprint density at radius 1 is 1.38 bits per heavy atom. The van der Waals surface area contributed by atoms with Crippen LogP contribution in [0.4, 0.5) is 0 Å². The number of ether oxygens (including phenoxy) is 1. The summed E-state index contributed by atoms with van der Waals surface area (Å²) >= 11 is 6.06. The number of carboxylic acid groups (broad SMARTS) is 1. The molecular formula is C17H12ClO6-. The molecule has 2 aromatic heterocycles. The topological polar surface area (TPSA) is 92.7 Å². The SMILES string of the molecule is Cc1cc2oc(-c3ccco3)c(O[C@@H](C)C(=O)[O-])c(=O)c2cc1Cl. The molecular weight excluding hydrogens is 336 g/mol. The number of aryl methyl sites for hydroxylation is 1. The number of rotatable bonds is 4. The van der Waals surface area contributed by atoms with Crippen molar-refractivity contribution in [3.8, 4) is 17.3 Å². The van der Waals surface area contributed by atoms with Gasteiger partial charge in [0.25, 0.3) is 0 Å². The second kappa shape index (κ2) is 6.05. The van der Waals surface area contributed by atoms with Gasteiger partial charge in [0.2, 0.25) is 16.9 Å². The number of carboxylic acids is 1. The summed E-state index contributed by atoms with van der Waals surface area (Å²) < 4.78 is 16.3. The zero-order valence-corrected chi connectivity index (χ0v) is 13.5. The molecule has 0 amide bonds. The molecule has 1 atom stereocenters. The molecule has 0 saturated heterocycles. The first-order chi connectivity index (χ1) is 11.4. The van der Waals surface area contributed by atoms with Gasteiger partial charge in [-0.3, -0.25) is 4.79 Å². The Morgan fingerprint density at radius 3 is 2.75 bits per heavy atom. The third-order valence-corrected chi connectivity index (χ3v) is 3.91. The number of halogens is 1. The van der Waals surface area contributed by atoms with E-state index in [9.17, 15) is 14.7 Å². The van der Waals surface area contributed by atoms with Crippen molar-refractivity contribution in [3.63, 3.8) is 0 Å². The van der Waals surface area contributed by atoms with Crippen molar-refractivity contribution in [1.82, 2.24) is 0 Å². The van der Waals surface area contributed by atoms with Crippen molar-refractivity contribution in [2.24, 2.45) is 0 Å². The summed E-state index contributed by atoms with van der Waals surface area (Å²) in [7, 11) is 0. The van der Waals surface area contributed by atoms with E-state index >= 15 is 0 Å². The van der Waals surface area contributed by atoms with E-state index in [1.165, 1.54) is 19.3 Å². The summed E-state index contributed by atoms with van der Waals surface area (Å²) in [5.74, 6) is -1.48. The molecule has 0 bridgehead atoms. The largest absolute Gasteiger partial charge is 0.546 e. The van der Waals surface area contributed by atoms with E-state index in [0.29, 0.717) is 10.6 Å². The van der Waals surface area contributed by atoms with Gasteiger partial charge in [0, 0.05) is 5.02 Å². The van der Waals surface area contributed by atoms with Gasteiger partial charge in [0.15, 0.2) is 5.76 Å². The van der Waals surface area contributed by atoms with Gasteiger partial charge < -0.3 is 23.5 Å². The standard InChI is InChI=1S/C17H13ClO6/c1-8-6-13-10(7-11(8)18)14(19)16(23-9(2)17(20)21)15(24-13)12-4-3-5-22-12/h3-7,9H,1-2H3,(H,20,21)/p-1/t9-/m0/s1. The lowest BCUT2D eigenvalue weighted by Gasteiger charge is -2.17. The summed E-state index contributed by atoms with van der Waals surface area (Å²) in [5.41, 5.74) is 0.480. The Hall–Kier alpha value is -2.73. The van der Waals surface area contributed by atoms with Gasteiger partial charge in [-0.05, 0) is 43.7 Å². The zero-order valence-electron chi connectivity index (χ0n) is 12.8. The van der Waals surface area contributed by atoms with Crippen LogP contribution in [0, 0.1) is 6.92 Å². The first-order valence-electron chi connectivity index (χ1n) is 7.07. The molecule has 0 aliphatic heterocycles. The molecule has 0 radical (unpaired) electrons. The highest BCUT2D eigenvalue weighted by atomic mass is 35.5. The van der Waals surface area contributed by atoms with Crippen molar-refractivity contribution in [2.45, 2.75) is 20.0 Å². The minimum atomic E-state index is -1.46. The normalized spacial score (nSPS) is 12.3. The van der Waals surface area contributed by atoms with E-state index in [4.69, 9.17) is 25.2 Å². The molecule has 3 aromatic rings. The first-order valence-corrected chi connectivity index (χ1v) is 7.44. The van der Waals surface area contributed by atoms with E-state index in [0.717, 1.165) is 5.56 Å². The first kappa shape index (κ1) is 16.1. The summed E-state index contributed by atoms with van der Waals surface area (Å²) in [6.45, 7) is 3.03. The third kappa shape index (κ3) is 2.76. The van der Waals surface area contributed by atoms with Gasteiger partial charge in [-0.1, -0.05) is 11.6 Å². The average Bonchev–Trinajstić information content (AvgIpc) is 3.06. The number of furan rings is 1. The molecule has 0 unspecified atom stereocenters. The fraction of sp³-hybridized carbons (Fsp3) is 0.176. The Balaban J connectivity index is 2.31. The van der Waals surface area contributed by atoms with Crippen molar-refractivity contribution in [3.05, 3.63) is 51.3 Å². The van der Waals surface area contributed by atoms with Crippen LogP contribution in [0.3, 0.4) is 0 Å². The predicted octanol–water partition coefficient (Wildman–Crippen LogP) is 2.53. The van der Waals surface area contributed by atoms with Crippen LogP contribution in [0.15, 0.2) is 44.2 Å². The van der Waals surface area contributed by atoms with Crippen LogP contribution in [-0.4, -0.2) is 12.1 Å². The van der Waals surface area contributed by atoms with E-state index in [1.807, 2.05) is 0 Å². The third-order valence-electron chi connectivity index (χ3n) is 3.50. The fourth-order valence-electron chi connectivity index (χ4n) is 2.20. The van der Waals surface area contributed by atoms with E-state index in [1.54, 1.807) is 25.1 Å². The van der Waals surface area contributed by atoms with Crippen LogP contribution >= 0.6 is 11.6 Å². The Morgan fingerprint density at radius 2 is 2.12 bits per heavy atom. The quantitative estimate of drug-likeness (QED) is 0.720. The van der Waals surface area contributed by atoms with E-state index in [2.05, 4.69) is 0 Å². The highest BCUT2D eigenvalue weighted by molar-refractivity contribution is 6.32. The van der Waals surface area contributed by atoms with Crippen LogP contribution in [0.1, 0.15) is 12.5 Å². The average molecular weight is 348 g/mol. The van der Waals surface area contributed by atoms with E-state index in [-0.39, 0.29) is 22.7 Å². The summed E-state index contributed by atoms with van der Waals surface area (Å²) in [6.07, 6.45) is 0.0541. The van der Waals surface area contributed by atoms with Crippen LogP contribution in [0.5, 0.6) is 5.75 Å². The van der Waals surface area contributed by atoms with Gasteiger partial charge in [-0.2, -0.15) is 0 Å². The van der Waals surface area contributed by atoms with Crippen molar-refractivity contribution < 1.29 is 23.5 Å². The molecule has 2 heterocycles. The molecule has 0 saturated carbocycles. The molecule has 0 aliphatic carbocycles. The molecule has 124 valence electrons. The number of carbonyl (C=O) groups excluding carboxylic acids is 1. The number of hydrogen-bond donors (Lipinski definition) is 0. The number of aliphatic carboxylic acids is 1. The maximum absolute atomic E-state index is 12.8. The van der Waals surface area contributed by atoms with Crippen LogP contribution in [-0.2, 0) is 4.79 Å². The molecule has 24 heavy (non-hydrogen) atoms. The number of benzene rings is 1. The van der Waals surface area contributed by atoms with Crippen LogP contribution < -0.4 is 15.3 Å². The minimum absolute atomic E-state index is 0.00678. The summed E-state index contributed by atoms with van der Waals surface area (Å²) in [6, 6.07) is 6.26. The van der Waals surface area contributed by atoms with Gasteiger partial charge in [-0.15, -0.1) is 0 Å². The Bertz CT molecular complexity index is 971. The summed E-state index contributed by atoms with van der Waals surface area (Å²) in [4.78, 5) is 23.7. The Kier molecular flexibility index (Phi) is 4.07. The molecule has 7 heteroatoms. The molecule has 0 aliphatic rings. The number of fused-ring (bicyclic) bond motifs is 1. The minimum Gasteiger partial charge on any atom is -0.546 e. The van der Waals surface area contributed by atoms with Crippen LogP contribution in [0.25, 0.3) is 22.5 Å². The highest BCUT2D eigenvalue weighted by Crippen LogP contribution is 2.33. The number of carbonyl (C=O) groups is 1. The van der Waals surface area contributed by atoms with E-state index < -0.39 is 17.5 Å². The lowest BCUT2D eigenvalue weighted by atomic mass is 10.1.